The summed E-state index contributed by atoms with van der Waals surface area (Å²) in [6.45, 7) is 4.35. The SMILES string of the molecule is CCC1=C(N)[C@H]1CC. The van der Waals surface area contributed by atoms with Crippen LogP contribution < -0.4 is 5.73 Å². The van der Waals surface area contributed by atoms with Gasteiger partial charge in [0.2, 0.25) is 0 Å². The van der Waals surface area contributed by atoms with Crippen LogP contribution in [0.1, 0.15) is 26.7 Å². The first-order chi connectivity index (χ1) is 3.81. The van der Waals surface area contributed by atoms with Crippen molar-refractivity contribution in [2.45, 2.75) is 26.7 Å². The van der Waals surface area contributed by atoms with Crippen molar-refractivity contribution < 1.29 is 0 Å². The molecule has 0 fully saturated rings. The van der Waals surface area contributed by atoms with Crippen LogP contribution in [0.5, 0.6) is 0 Å². The quantitative estimate of drug-likeness (QED) is 0.576. The molecule has 0 aromatic heterocycles. The molecule has 0 saturated heterocycles. The molecule has 0 aliphatic heterocycles. The van der Waals surface area contributed by atoms with Crippen molar-refractivity contribution in [3.8, 4) is 0 Å². The van der Waals surface area contributed by atoms with E-state index < -0.39 is 0 Å². The van der Waals surface area contributed by atoms with Crippen molar-refractivity contribution >= 4 is 0 Å². The first-order valence-corrected chi connectivity index (χ1v) is 3.29. The van der Waals surface area contributed by atoms with E-state index in [-0.39, 0.29) is 0 Å². The molecular formula is C7H13N. The van der Waals surface area contributed by atoms with Crippen LogP contribution in [0.3, 0.4) is 0 Å². The van der Waals surface area contributed by atoms with E-state index in [1.54, 1.807) is 0 Å². The van der Waals surface area contributed by atoms with Gasteiger partial charge in [0.1, 0.15) is 0 Å². The highest BCUT2D eigenvalue weighted by Gasteiger charge is 2.29. The van der Waals surface area contributed by atoms with Crippen molar-refractivity contribution in [3.05, 3.63) is 11.3 Å². The Bertz CT molecular complexity index is 124. The maximum Gasteiger partial charge on any atom is 0.0211 e. The van der Waals surface area contributed by atoms with Crippen LogP contribution >= 0.6 is 0 Å². The second-order valence-electron chi connectivity index (χ2n) is 2.29. The fourth-order valence-corrected chi connectivity index (χ4v) is 1.26. The molecule has 1 aliphatic rings. The molecule has 0 unspecified atom stereocenters. The summed E-state index contributed by atoms with van der Waals surface area (Å²) in [7, 11) is 0. The molecule has 8 heavy (non-hydrogen) atoms. The van der Waals surface area contributed by atoms with Gasteiger partial charge in [-0.05, 0) is 18.4 Å². The fraction of sp³-hybridized carbons (Fsp3) is 0.714. The summed E-state index contributed by atoms with van der Waals surface area (Å²) in [5.41, 5.74) is 8.27. The van der Waals surface area contributed by atoms with Crippen LogP contribution in [0.25, 0.3) is 0 Å². The Hall–Kier alpha value is -0.460. The minimum absolute atomic E-state index is 0.694. The molecule has 0 radical (unpaired) electrons. The molecule has 0 heterocycles. The van der Waals surface area contributed by atoms with E-state index >= 15 is 0 Å². The van der Waals surface area contributed by atoms with Gasteiger partial charge in [-0.1, -0.05) is 13.8 Å². The van der Waals surface area contributed by atoms with E-state index in [1.165, 1.54) is 12.0 Å². The van der Waals surface area contributed by atoms with E-state index in [0.717, 1.165) is 12.1 Å². The monoisotopic (exact) mass is 111 g/mol. The third-order valence-electron chi connectivity index (χ3n) is 1.87. The minimum atomic E-state index is 0.694. The van der Waals surface area contributed by atoms with E-state index in [1.807, 2.05) is 0 Å². The lowest BCUT2D eigenvalue weighted by molar-refractivity contribution is 0.791. The van der Waals surface area contributed by atoms with Crippen LogP contribution in [0.4, 0.5) is 0 Å². The first-order valence-electron chi connectivity index (χ1n) is 3.29. The standard InChI is InChI=1S/C7H13N/c1-3-5-6(4-2)7(5)8/h5H,3-4,8H2,1-2H3/t5-/m0/s1. The summed E-state index contributed by atoms with van der Waals surface area (Å²) in [5, 5.41) is 0. The van der Waals surface area contributed by atoms with Gasteiger partial charge < -0.3 is 5.73 Å². The zero-order valence-corrected chi connectivity index (χ0v) is 5.57. The third kappa shape index (κ3) is 0.623. The Labute approximate surface area is 50.6 Å². The predicted octanol–water partition coefficient (Wildman–Crippen LogP) is 1.65. The van der Waals surface area contributed by atoms with Crippen molar-refractivity contribution in [3.63, 3.8) is 0 Å². The average Bonchev–Trinajstić information content (AvgIpc) is 2.40. The fourth-order valence-electron chi connectivity index (χ4n) is 1.26. The van der Waals surface area contributed by atoms with E-state index in [2.05, 4.69) is 13.8 Å². The Balaban J connectivity index is 2.36. The van der Waals surface area contributed by atoms with Crippen LogP contribution in [0.15, 0.2) is 11.3 Å². The molecule has 46 valence electrons. The Kier molecular flexibility index (Phi) is 1.28. The first kappa shape index (κ1) is 5.67. The molecule has 0 aromatic rings. The predicted molar refractivity (Wildman–Crippen MR) is 35.3 cm³/mol. The zero-order chi connectivity index (χ0) is 6.15. The van der Waals surface area contributed by atoms with E-state index in [4.69, 9.17) is 5.73 Å². The summed E-state index contributed by atoms with van der Waals surface area (Å²) in [5.74, 6) is 0.694. The Morgan fingerprint density at radius 1 is 1.50 bits per heavy atom. The molecule has 0 aromatic carbocycles. The number of rotatable bonds is 2. The van der Waals surface area contributed by atoms with Gasteiger partial charge in [0.15, 0.2) is 0 Å². The Morgan fingerprint density at radius 3 is 2.25 bits per heavy atom. The molecule has 2 N–H and O–H groups in total. The third-order valence-corrected chi connectivity index (χ3v) is 1.87. The van der Waals surface area contributed by atoms with Gasteiger partial charge in [-0.3, -0.25) is 0 Å². The number of hydrogen-bond donors (Lipinski definition) is 1. The molecule has 1 heteroatoms. The highest BCUT2D eigenvalue weighted by atomic mass is 14.7. The average molecular weight is 111 g/mol. The van der Waals surface area contributed by atoms with Gasteiger partial charge in [-0.2, -0.15) is 0 Å². The maximum atomic E-state index is 5.61. The topological polar surface area (TPSA) is 26.0 Å². The number of allylic oxidation sites excluding steroid dienone is 2. The minimum Gasteiger partial charge on any atom is -0.402 e. The van der Waals surface area contributed by atoms with Gasteiger partial charge in [0.05, 0.1) is 0 Å². The second-order valence-corrected chi connectivity index (χ2v) is 2.29. The molecular weight excluding hydrogens is 98.1 g/mol. The summed E-state index contributed by atoms with van der Waals surface area (Å²) in [4.78, 5) is 0. The molecule has 1 atom stereocenters. The summed E-state index contributed by atoms with van der Waals surface area (Å²) < 4.78 is 0. The lowest BCUT2D eigenvalue weighted by atomic mass is 10.2. The second kappa shape index (κ2) is 1.81. The molecule has 0 spiro atoms. The van der Waals surface area contributed by atoms with Gasteiger partial charge >= 0.3 is 0 Å². The molecule has 1 rings (SSSR count). The summed E-state index contributed by atoms with van der Waals surface area (Å²) >= 11 is 0. The zero-order valence-electron chi connectivity index (χ0n) is 5.57. The van der Waals surface area contributed by atoms with E-state index in [9.17, 15) is 0 Å². The highest BCUT2D eigenvalue weighted by Crippen LogP contribution is 2.39. The van der Waals surface area contributed by atoms with Crippen molar-refractivity contribution in [1.29, 1.82) is 0 Å². The van der Waals surface area contributed by atoms with Crippen LogP contribution in [-0.2, 0) is 0 Å². The van der Waals surface area contributed by atoms with E-state index in [0.29, 0.717) is 5.92 Å². The smallest absolute Gasteiger partial charge is 0.0211 e. The number of nitrogens with two attached hydrogens (primary N) is 1. The lowest BCUT2D eigenvalue weighted by Crippen LogP contribution is -1.87. The number of hydrogen-bond acceptors (Lipinski definition) is 1. The lowest BCUT2D eigenvalue weighted by Gasteiger charge is -1.87. The molecule has 1 aliphatic carbocycles. The largest absolute Gasteiger partial charge is 0.402 e. The van der Waals surface area contributed by atoms with Gasteiger partial charge in [0, 0.05) is 11.6 Å². The van der Waals surface area contributed by atoms with Crippen LogP contribution in [-0.4, -0.2) is 0 Å². The summed E-state index contributed by atoms with van der Waals surface area (Å²) in [6, 6.07) is 0. The molecule has 0 saturated carbocycles. The van der Waals surface area contributed by atoms with Crippen molar-refractivity contribution in [1.82, 2.24) is 0 Å². The van der Waals surface area contributed by atoms with Gasteiger partial charge in [0.25, 0.3) is 0 Å². The van der Waals surface area contributed by atoms with Crippen LogP contribution in [0.2, 0.25) is 0 Å². The summed E-state index contributed by atoms with van der Waals surface area (Å²) in [6.07, 6.45) is 2.36. The molecule has 1 nitrogen and oxygen atoms in total. The van der Waals surface area contributed by atoms with Crippen molar-refractivity contribution in [2.24, 2.45) is 11.7 Å². The molecule has 0 amide bonds. The maximum absolute atomic E-state index is 5.61. The normalized spacial score (nSPS) is 26.5. The van der Waals surface area contributed by atoms with Gasteiger partial charge in [-0.25, -0.2) is 0 Å². The van der Waals surface area contributed by atoms with Crippen molar-refractivity contribution in [2.75, 3.05) is 0 Å². The highest BCUT2D eigenvalue weighted by molar-refractivity contribution is 5.37. The van der Waals surface area contributed by atoms with Gasteiger partial charge in [-0.15, -0.1) is 0 Å². The molecule has 0 bridgehead atoms. The Morgan fingerprint density at radius 2 is 2.12 bits per heavy atom. The van der Waals surface area contributed by atoms with Crippen LogP contribution in [0, 0.1) is 5.92 Å².